The Morgan fingerprint density at radius 1 is 1.04 bits per heavy atom. The number of ether oxygens (including phenoxy) is 1. The smallest absolute Gasteiger partial charge is 0.355 e. The third-order valence-electron chi connectivity index (χ3n) is 4.14. The quantitative estimate of drug-likeness (QED) is 0.600. The van der Waals surface area contributed by atoms with Gasteiger partial charge in [0, 0.05) is 29.4 Å². The maximum absolute atomic E-state index is 12.5. The number of anilines is 1. The first-order chi connectivity index (χ1) is 12.6. The summed E-state index contributed by atoms with van der Waals surface area (Å²) >= 11 is 0. The Labute approximate surface area is 157 Å². The van der Waals surface area contributed by atoms with Crippen molar-refractivity contribution in [3.8, 4) is 0 Å². The van der Waals surface area contributed by atoms with E-state index in [2.05, 4.69) is 10.3 Å². The molecule has 7 heteroatoms. The van der Waals surface area contributed by atoms with E-state index in [9.17, 15) is 19.2 Å². The Morgan fingerprint density at radius 3 is 2.11 bits per heavy atom. The highest BCUT2D eigenvalue weighted by Crippen LogP contribution is 2.20. The van der Waals surface area contributed by atoms with Crippen molar-refractivity contribution >= 4 is 29.1 Å². The number of rotatable bonds is 6. The molecule has 0 aliphatic carbocycles. The van der Waals surface area contributed by atoms with Gasteiger partial charge in [0.2, 0.25) is 11.7 Å². The average Bonchev–Trinajstić information content (AvgIpc) is 2.89. The molecule has 0 saturated heterocycles. The van der Waals surface area contributed by atoms with Crippen molar-refractivity contribution in [3.63, 3.8) is 0 Å². The second-order valence-electron chi connectivity index (χ2n) is 6.35. The van der Waals surface area contributed by atoms with Crippen LogP contribution >= 0.6 is 0 Å². The van der Waals surface area contributed by atoms with Crippen LogP contribution in [-0.2, 0) is 9.53 Å². The fourth-order valence-electron chi connectivity index (χ4n) is 2.91. The number of ketones is 2. The summed E-state index contributed by atoms with van der Waals surface area (Å²) in [5, 5.41) is 2.61. The number of hydrogen-bond acceptors (Lipinski definition) is 5. The van der Waals surface area contributed by atoms with Gasteiger partial charge in [0.25, 0.3) is 0 Å². The van der Waals surface area contributed by atoms with Crippen molar-refractivity contribution in [2.75, 3.05) is 5.32 Å². The van der Waals surface area contributed by atoms with Gasteiger partial charge in [0.15, 0.2) is 11.9 Å². The minimum atomic E-state index is -1.01. The molecule has 1 aromatic heterocycles. The third-order valence-corrected chi connectivity index (χ3v) is 4.14. The van der Waals surface area contributed by atoms with Gasteiger partial charge in [0.1, 0.15) is 5.69 Å². The van der Waals surface area contributed by atoms with E-state index in [-0.39, 0.29) is 23.2 Å². The predicted octanol–water partition coefficient (Wildman–Crippen LogP) is 3.22. The van der Waals surface area contributed by atoms with Crippen molar-refractivity contribution in [2.24, 2.45) is 0 Å². The van der Waals surface area contributed by atoms with E-state index in [1.54, 1.807) is 38.1 Å². The molecule has 0 fully saturated rings. The topological polar surface area (TPSA) is 105 Å². The molecule has 2 N–H and O–H groups in total. The fourth-order valence-corrected chi connectivity index (χ4v) is 2.91. The number of H-pyrrole nitrogens is 1. The van der Waals surface area contributed by atoms with Crippen molar-refractivity contribution in [3.05, 3.63) is 52.3 Å². The molecule has 0 spiro atoms. The molecule has 0 aliphatic heterocycles. The van der Waals surface area contributed by atoms with E-state index in [0.29, 0.717) is 28.1 Å². The lowest BCUT2D eigenvalue weighted by Crippen LogP contribution is -2.25. The number of benzene rings is 1. The van der Waals surface area contributed by atoms with Crippen LogP contribution in [0.25, 0.3) is 0 Å². The van der Waals surface area contributed by atoms with Gasteiger partial charge in [0.05, 0.1) is 0 Å². The van der Waals surface area contributed by atoms with E-state index in [1.807, 2.05) is 0 Å². The zero-order valence-corrected chi connectivity index (χ0v) is 15.9. The Morgan fingerprint density at radius 2 is 1.63 bits per heavy atom. The number of carbonyl (C=O) groups is 4. The van der Waals surface area contributed by atoms with Gasteiger partial charge in [-0.2, -0.15) is 0 Å². The highest BCUT2D eigenvalue weighted by Gasteiger charge is 2.25. The van der Waals surface area contributed by atoms with Gasteiger partial charge in [-0.1, -0.05) is 0 Å². The second-order valence-corrected chi connectivity index (χ2v) is 6.35. The first-order valence-corrected chi connectivity index (χ1v) is 8.44. The summed E-state index contributed by atoms with van der Waals surface area (Å²) < 4.78 is 5.28. The summed E-state index contributed by atoms with van der Waals surface area (Å²) in [5.41, 5.74) is 2.63. The van der Waals surface area contributed by atoms with Crippen molar-refractivity contribution < 1.29 is 23.9 Å². The normalized spacial score (nSPS) is 11.6. The molecule has 1 atom stereocenters. The van der Waals surface area contributed by atoms with Gasteiger partial charge < -0.3 is 15.0 Å². The SMILES string of the molecule is CC(=O)Nc1ccc(C(=O)C(C)OC(=O)c2[nH]c(C)c(C(C)=O)c2C)cc1. The molecule has 27 heavy (non-hydrogen) atoms. The van der Waals surface area contributed by atoms with Crippen molar-refractivity contribution in [1.82, 2.24) is 4.98 Å². The Balaban J connectivity index is 2.12. The first-order valence-electron chi connectivity index (χ1n) is 8.44. The van der Waals surface area contributed by atoms with Gasteiger partial charge >= 0.3 is 5.97 Å². The number of hydrogen-bond donors (Lipinski definition) is 2. The second kappa shape index (κ2) is 7.99. The monoisotopic (exact) mass is 370 g/mol. The van der Waals surface area contributed by atoms with E-state index >= 15 is 0 Å². The van der Waals surface area contributed by atoms with E-state index in [4.69, 9.17) is 4.74 Å². The van der Waals surface area contributed by atoms with E-state index in [1.165, 1.54) is 20.8 Å². The summed E-state index contributed by atoms with van der Waals surface area (Å²) in [6.45, 7) is 7.66. The lowest BCUT2D eigenvalue weighted by atomic mass is 10.1. The largest absolute Gasteiger partial charge is 0.450 e. The van der Waals surface area contributed by atoms with Crippen LogP contribution in [0.15, 0.2) is 24.3 Å². The molecule has 1 amide bonds. The number of carbonyl (C=O) groups excluding carboxylic acids is 4. The van der Waals surface area contributed by atoms with Crippen molar-refractivity contribution in [2.45, 2.75) is 40.7 Å². The molecular formula is C20H22N2O5. The highest BCUT2D eigenvalue weighted by atomic mass is 16.5. The predicted molar refractivity (Wildman–Crippen MR) is 100 cm³/mol. The summed E-state index contributed by atoms with van der Waals surface area (Å²) in [7, 11) is 0. The molecule has 1 heterocycles. The van der Waals surface area contributed by atoms with Crippen LogP contribution in [0.2, 0.25) is 0 Å². The van der Waals surface area contributed by atoms with E-state index < -0.39 is 12.1 Å². The third kappa shape index (κ3) is 4.49. The molecule has 0 bridgehead atoms. The molecule has 0 aliphatic rings. The maximum atomic E-state index is 12.5. The minimum absolute atomic E-state index is 0.149. The lowest BCUT2D eigenvalue weighted by Gasteiger charge is -2.12. The minimum Gasteiger partial charge on any atom is -0.450 e. The van der Waals surface area contributed by atoms with Crippen LogP contribution in [-0.4, -0.2) is 34.5 Å². The van der Waals surface area contributed by atoms with E-state index in [0.717, 1.165) is 0 Å². The van der Waals surface area contributed by atoms with Crippen LogP contribution in [0.3, 0.4) is 0 Å². The number of aryl methyl sites for hydroxylation is 1. The summed E-state index contributed by atoms with van der Waals surface area (Å²) in [6, 6.07) is 6.30. The summed E-state index contributed by atoms with van der Waals surface area (Å²) in [4.78, 5) is 50.5. The molecule has 0 saturated carbocycles. The zero-order valence-electron chi connectivity index (χ0n) is 15.9. The molecule has 2 aromatic rings. The zero-order chi connectivity index (χ0) is 20.3. The fraction of sp³-hybridized carbons (Fsp3) is 0.300. The molecule has 7 nitrogen and oxygen atoms in total. The van der Waals surface area contributed by atoms with Gasteiger partial charge in [-0.05, 0) is 57.5 Å². The van der Waals surface area contributed by atoms with Crippen LogP contribution in [0.5, 0.6) is 0 Å². The number of nitrogens with one attached hydrogen (secondary N) is 2. The number of aromatic amines is 1. The average molecular weight is 370 g/mol. The Hall–Kier alpha value is -3.22. The first kappa shape index (κ1) is 20.1. The lowest BCUT2D eigenvalue weighted by molar-refractivity contribution is -0.114. The molecular weight excluding hydrogens is 348 g/mol. The maximum Gasteiger partial charge on any atom is 0.355 e. The molecule has 142 valence electrons. The molecule has 1 aromatic carbocycles. The van der Waals surface area contributed by atoms with Crippen LogP contribution in [0.1, 0.15) is 63.2 Å². The highest BCUT2D eigenvalue weighted by molar-refractivity contribution is 6.03. The van der Waals surface area contributed by atoms with Gasteiger partial charge in [-0.3, -0.25) is 14.4 Å². The standard InChI is InChI=1S/C20H22N2O5/c1-10-17(12(3)23)11(2)21-18(10)20(26)27-13(4)19(25)15-6-8-16(9-7-15)22-14(5)24/h6-9,13,21H,1-5H3,(H,22,24). The molecule has 2 rings (SSSR count). The Bertz CT molecular complexity index is 909. The summed E-state index contributed by atoms with van der Waals surface area (Å²) in [5.74, 6) is -1.43. The van der Waals surface area contributed by atoms with Crippen molar-refractivity contribution in [1.29, 1.82) is 0 Å². The van der Waals surface area contributed by atoms with Crippen LogP contribution in [0.4, 0.5) is 5.69 Å². The van der Waals surface area contributed by atoms with Gasteiger partial charge in [-0.25, -0.2) is 4.79 Å². The van der Waals surface area contributed by atoms with Gasteiger partial charge in [-0.15, -0.1) is 0 Å². The number of aromatic nitrogens is 1. The van der Waals surface area contributed by atoms with Crippen LogP contribution < -0.4 is 5.32 Å². The number of amides is 1. The number of esters is 1. The number of Topliss-reactive ketones (excluding diaryl/α,β-unsaturated/α-hetero) is 2. The van der Waals surface area contributed by atoms with Crippen LogP contribution in [0, 0.1) is 13.8 Å². The molecule has 0 radical (unpaired) electrons. The summed E-state index contributed by atoms with van der Waals surface area (Å²) in [6.07, 6.45) is -1.01. The Kier molecular flexibility index (Phi) is 5.95. The molecule has 1 unspecified atom stereocenters.